The van der Waals surface area contributed by atoms with Crippen LogP contribution in [0.2, 0.25) is 4.34 Å². The third-order valence-electron chi connectivity index (χ3n) is 3.44. The minimum Gasteiger partial charge on any atom is -0.486 e. The predicted molar refractivity (Wildman–Crippen MR) is 87.3 cm³/mol. The van der Waals surface area contributed by atoms with Gasteiger partial charge in [-0.1, -0.05) is 23.7 Å². The van der Waals surface area contributed by atoms with E-state index in [0.717, 1.165) is 11.5 Å². The molecule has 22 heavy (non-hydrogen) atoms. The van der Waals surface area contributed by atoms with Crippen LogP contribution in [0.25, 0.3) is 0 Å². The van der Waals surface area contributed by atoms with E-state index in [2.05, 4.69) is 0 Å². The summed E-state index contributed by atoms with van der Waals surface area (Å²) in [6, 6.07) is 11.1. The summed E-state index contributed by atoms with van der Waals surface area (Å²) in [4.78, 5) is 14.9. The lowest BCUT2D eigenvalue weighted by Crippen LogP contribution is -2.43. The first-order valence-corrected chi connectivity index (χ1v) is 8.30. The minimum atomic E-state index is -0.172. The van der Waals surface area contributed by atoms with Crippen molar-refractivity contribution in [3.63, 3.8) is 0 Å². The molecule has 2 aromatic rings. The lowest BCUT2D eigenvalue weighted by molar-refractivity contribution is 0.0478. The van der Waals surface area contributed by atoms with E-state index in [4.69, 9.17) is 21.1 Å². The van der Waals surface area contributed by atoms with E-state index in [1.54, 1.807) is 17.0 Å². The van der Waals surface area contributed by atoms with E-state index in [9.17, 15) is 4.79 Å². The standard InChI is InChI=1S/C16H16ClNO3S/c1-2-18(16(19)14-7-8-15(17)22-14)9-11-10-20-12-5-3-4-6-13(12)21-11/h3-8,11H,2,9-10H2,1H3. The Morgan fingerprint density at radius 3 is 2.77 bits per heavy atom. The number of hydrogen-bond donors (Lipinski definition) is 0. The lowest BCUT2D eigenvalue weighted by atomic mass is 10.2. The number of rotatable bonds is 4. The third-order valence-corrected chi connectivity index (χ3v) is 4.66. The van der Waals surface area contributed by atoms with E-state index in [-0.39, 0.29) is 12.0 Å². The minimum absolute atomic E-state index is 0.0261. The summed E-state index contributed by atoms with van der Waals surface area (Å²) < 4.78 is 12.2. The van der Waals surface area contributed by atoms with Crippen molar-refractivity contribution in [1.82, 2.24) is 4.90 Å². The topological polar surface area (TPSA) is 38.8 Å². The molecular formula is C16H16ClNO3S. The van der Waals surface area contributed by atoms with Gasteiger partial charge in [0.05, 0.1) is 15.8 Å². The van der Waals surface area contributed by atoms with Crippen LogP contribution in [0.1, 0.15) is 16.6 Å². The molecule has 1 atom stereocenters. The van der Waals surface area contributed by atoms with Gasteiger partial charge in [0.1, 0.15) is 6.61 Å². The van der Waals surface area contributed by atoms with Crippen LogP contribution >= 0.6 is 22.9 Å². The zero-order valence-electron chi connectivity index (χ0n) is 12.1. The van der Waals surface area contributed by atoms with Crippen LogP contribution < -0.4 is 9.47 Å². The van der Waals surface area contributed by atoms with Crippen LogP contribution in [0.3, 0.4) is 0 Å². The predicted octanol–water partition coefficient (Wildman–Crippen LogP) is 3.70. The first-order valence-electron chi connectivity index (χ1n) is 7.10. The van der Waals surface area contributed by atoms with Gasteiger partial charge in [-0.15, -0.1) is 11.3 Å². The molecule has 0 N–H and O–H groups in total. The summed E-state index contributed by atoms with van der Waals surface area (Å²) in [5, 5.41) is 0. The largest absolute Gasteiger partial charge is 0.486 e. The van der Waals surface area contributed by atoms with Gasteiger partial charge in [-0.3, -0.25) is 4.79 Å². The molecule has 6 heteroatoms. The van der Waals surface area contributed by atoms with Crippen molar-refractivity contribution in [3.05, 3.63) is 45.6 Å². The molecule has 1 aliphatic rings. The monoisotopic (exact) mass is 337 g/mol. The Labute approximate surface area is 138 Å². The molecule has 0 saturated carbocycles. The van der Waals surface area contributed by atoms with Gasteiger partial charge in [-0.2, -0.15) is 0 Å². The lowest BCUT2D eigenvalue weighted by Gasteiger charge is -2.30. The first kappa shape index (κ1) is 15.2. The summed E-state index contributed by atoms with van der Waals surface area (Å²) in [6.07, 6.45) is -0.172. The Balaban J connectivity index is 1.68. The van der Waals surface area contributed by atoms with Crippen molar-refractivity contribution in [2.45, 2.75) is 13.0 Å². The Hall–Kier alpha value is -1.72. The number of nitrogens with zero attached hydrogens (tertiary/aromatic N) is 1. The highest BCUT2D eigenvalue weighted by Crippen LogP contribution is 2.31. The smallest absolute Gasteiger partial charge is 0.264 e. The Morgan fingerprint density at radius 1 is 1.32 bits per heavy atom. The Bertz CT molecular complexity index is 673. The number of hydrogen-bond acceptors (Lipinski definition) is 4. The summed E-state index contributed by atoms with van der Waals surface area (Å²) in [5.41, 5.74) is 0. The fourth-order valence-electron chi connectivity index (χ4n) is 2.34. The van der Waals surface area contributed by atoms with Gasteiger partial charge in [-0.05, 0) is 31.2 Å². The molecule has 0 fully saturated rings. The maximum absolute atomic E-state index is 12.5. The number of carbonyl (C=O) groups is 1. The fourth-order valence-corrected chi connectivity index (χ4v) is 3.35. The second kappa shape index (κ2) is 6.58. The van der Waals surface area contributed by atoms with Crippen molar-refractivity contribution >= 4 is 28.8 Å². The highest BCUT2D eigenvalue weighted by molar-refractivity contribution is 7.17. The average molecular weight is 338 g/mol. The number of likely N-dealkylation sites (N-methyl/N-ethyl adjacent to an activating group) is 1. The SMILES string of the molecule is CCN(CC1COc2ccccc2O1)C(=O)c1ccc(Cl)s1. The number of amides is 1. The van der Waals surface area contributed by atoms with Crippen molar-refractivity contribution in [2.24, 2.45) is 0 Å². The number of thiophene rings is 1. The van der Waals surface area contributed by atoms with E-state index in [1.807, 2.05) is 31.2 Å². The molecule has 2 heterocycles. The molecule has 116 valence electrons. The molecular weight excluding hydrogens is 322 g/mol. The molecule has 1 aromatic heterocycles. The number of fused-ring (bicyclic) bond motifs is 1. The van der Waals surface area contributed by atoms with Crippen molar-refractivity contribution in [3.8, 4) is 11.5 Å². The van der Waals surface area contributed by atoms with E-state index in [1.165, 1.54) is 11.3 Å². The molecule has 0 bridgehead atoms. The average Bonchev–Trinajstić information content (AvgIpc) is 2.98. The second-order valence-electron chi connectivity index (χ2n) is 4.95. The Kier molecular flexibility index (Phi) is 4.55. The van der Waals surface area contributed by atoms with Crippen LogP contribution in [-0.2, 0) is 0 Å². The van der Waals surface area contributed by atoms with Crippen LogP contribution in [0, 0.1) is 0 Å². The number of ether oxygens (including phenoxy) is 2. The molecule has 1 aromatic carbocycles. The maximum Gasteiger partial charge on any atom is 0.264 e. The molecule has 3 rings (SSSR count). The number of carbonyl (C=O) groups excluding carboxylic acids is 1. The second-order valence-corrected chi connectivity index (χ2v) is 6.66. The third kappa shape index (κ3) is 3.20. The zero-order chi connectivity index (χ0) is 15.5. The van der Waals surface area contributed by atoms with Crippen molar-refractivity contribution < 1.29 is 14.3 Å². The quantitative estimate of drug-likeness (QED) is 0.853. The van der Waals surface area contributed by atoms with Crippen LogP contribution in [0.5, 0.6) is 11.5 Å². The summed E-state index contributed by atoms with van der Waals surface area (Å²) in [7, 11) is 0. The summed E-state index contributed by atoms with van der Waals surface area (Å²) >= 11 is 7.20. The molecule has 0 radical (unpaired) electrons. The van der Waals surface area contributed by atoms with Gasteiger partial charge in [0.25, 0.3) is 5.91 Å². The first-order chi connectivity index (χ1) is 10.7. The van der Waals surface area contributed by atoms with Gasteiger partial charge in [0.2, 0.25) is 0 Å². The van der Waals surface area contributed by atoms with Crippen LogP contribution in [0.15, 0.2) is 36.4 Å². The van der Waals surface area contributed by atoms with Gasteiger partial charge in [0.15, 0.2) is 17.6 Å². The molecule has 0 aliphatic carbocycles. The molecule has 1 unspecified atom stereocenters. The molecule has 0 spiro atoms. The Morgan fingerprint density at radius 2 is 2.09 bits per heavy atom. The van der Waals surface area contributed by atoms with E-state index in [0.29, 0.717) is 28.9 Å². The van der Waals surface area contributed by atoms with Crippen LogP contribution in [-0.4, -0.2) is 36.6 Å². The zero-order valence-corrected chi connectivity index (χ0v) is 13.7. The number of halogens is 1. The summed E-state index contributed by atoms with van der Waals surface area (Å²) in [5.74, 6) is 1.45. The molecule has 0 saturated heterocycles. The molecule has 1 aliphatic heterocycles. The summed E-state index contributed by atoms with van der Waals surface area (Å²) in [6.45, 7) is 3.48. The van der Waals surface area contributed by atoms with E-state index < -0.39 is 0 Å². The highest BCUT2D eigenvalue weighted by Gasteiger charge is 2.25. The number of para-hydroxylation sites is 2. The fraction of sp³-hybridized carbons (Fsp3) is 0.312. The maximum atomic E-state index is 12.5. The van der Waals surface area contributed by atoms with Gasteiger partial charge < -0.3 is 14.4 Å². The normalized spacial score (nSPS) is 16.4. The molecule has 1 amide bonds. The van der Waals surface area contributed by atoms with Gasteiger partial charge in [-0.25, -0.2) is 0 Å². The van der Waals surface area contributed by atoms with Gasteiger partial charge in [0, 0.05) is 6.54 Å². The number of benzene rings is 1. The van der Waals surface area contributed by atoms with Crippen LogP contribution in [0.4, 0.5) is 0 Å². The molecule has 4 nitrogen and oxygen atoms in total. The van der Waals surface area contributed by atoms with Crippen molar-refractivity contribution in [2.75, 3.05) is 19.7 Å². The van der Waals surface area contributed by atoms with Gasteiger partial charge >= 0.3 is 0 Å². The highest BCUT2D eigenvalue weighted by atomic mass is 35.5. The van der Waals surface area contributed by atoms with E-state index >= 15 is 0 Å². The van der Waals surface area contributed by atoms with Crippen molar-refractivity contribution in [1.29, 1.82) is 0 Å².